The Kier molecular flexibility index (Phi) is 4.35. The second kappa shape index (κ2) is 5.40. The molecule has 18 heavy (non-hydrogen) atoms. The number of carbonyl (C=O) groups is 1. The first-order valence-electron chi connectivity index (χ1n) is 5.76. The molecule has 1 aromatic rings. The van der Waals surface area contributed by atoms with Crippen LogP contribution in [0.2, 0.25) is 0 Å². The minimum Gasteiger partial charge on any atom is -0.496 e. The van der Waals surface area contributed by atoms with Crippen molar-refractivity contribution in [1.82, 2.24) is 0 Å². The predicted molar refractivity (Wildman–Crippen MR) is 69.1 cm³/mol. The molecule has 0 aromatic heterocycles. The molecular weight excluding hydrogens is 232 g/mol. The molecule has 0 bridgehead atoms. The van der Waals surface area contributed by atoms with Gasteiger partial charge in [0.25, 0.3) is 0 Å². The molecule has 100 valence electrons. The van der Waals surface area contributed by atoms with Gasteiger partial charge < -0.3 is 14.6 Å². The number of aliphatic hydroxyl groups is 1. The summed E-state index contributed by atoms with van der Waals surface area (Å²) < 4.78 is 10.0. The number of benzene rings is 1. The molecule has 0 heterocycles. The highest BCUT2D eigenvalue weighted by molar-refractivity contribution is 5.93. The smallest absolute Gasteiger partial charge is 0.341 e. The SMILES string of the molecule is COC(=O)c1cc(C)cc(CC(C)(C)O)c1OC. The Morgan fingerprint density at radius 1 is 1.33 bits per heavy atom. The van der Waals surface area contributed by atoms with Crippen molar-refractivity contribution in [1.29, 1.82) is 0 Å². The van der Waals surface area contributed by atoms with E-state index < -0.39 is 11.6 Å². The molecule has 1 rings (SSSR count). The van der Waals surface area contributed by atoms with Crippen molar-refractivity contribution >= 4 is 5.97 Å². The minimum absolute atomic E-state index is 0.388. The summed E-state index contributed by atoms with van der Waals surface area (Å²) >= 11 is 0. The van der Waals surface area contributed by atoms with E-state index >= 15 is 0 Å². The highest BCUT2D eigenvalue weighted by Crippen LogP contribution is 2.29. The topological polar surface area (TPSA) is 55.8 Å². The number of carbonyl (C=O) groups excluding carboxylic acids is 1. The van der Waals surface area contributed by atoms with Crippen molar-refractivity contribution in [2.45, 2.75) is 32.8 Å². The summed E-state index contributed by atoms with van der Waals surface area (Å²) in [5.74, 6) is 0.0297. The standard InChI is InChI=1S/C14H20O4/c1-9-6-10(8-14(2,3)16)12(17-4)11(7-9)13(15)18-5/h6-7,16H,8H2,1-5H3. The van der Waals surface area contributed by atoms with E-state index in [-0.39, 0.29) is 0 Å². The Morgan fingerprint density at radius 3 is 2.39 bits per heavy atom. The van der Waals surface area contributed by atoms with Crippen molar-refractivity contribution < 1.29 is 19.4 Å². The van der Waals surface area contributed by atoms with E-state index in [0.29, 0.717) is 17.7 Å². The third kappa shape index (κ3) is 3.47. The molecule has 4 heteroatoms. The zero-order valence-electron chi connectivity index (χ0n) is 11.5. The number of rotatable bonds is 4. The lowest BCUT2D eigenvalue weighted by Crippen LogP contribution is -2.23. The molecule has 0 saturated carbocycles. The lowest BCUT2D eigenvalue weighted by Gasteiger charge is -2.20. The van der Waals surface area contributed by atoms with Crippen LogP contribution in [0.15, 0.2) is 12.1 Å². The van der Waals surface area contributed by atoms with Gasteiger partial charge in [-0.3, -0.25) is 0 Å². The Hall–Kier alpha value is -1.55. The van der Waals surface area contributed by atoms with E-state index in [0.717, 1.165) is 11.1 Å². The average molecular weight is 252 g/mol. The molecule has 0 unspecified atom stereocenters. The number of aryl methyl sites for hydroxylation is 1. The number of methoxy groups -OCH3 is 2. The number of esters is 1. The third-order valence-corrected chi connectivity index (χ3v) is 2.54. The van der Waals surface area contributed by atoms with Crippen LogP contribution in [0.25, 0.3) is 0 Å². The monoisotopic (exact) mass is 252 g/mol. The molecule has 0 radical (unpaired) electrons. The van der Waals surface area contributed by atoms with E-state index in [2.05, 4.69) is 0 Å². The van der Waals surface area contributed by atoms with Crippen molar-refractivity contribution in [3.05, 3.63) is 28.8 Å². The van der Waals surface area contributed by atoms with Gasteiger partial charge in [0.05, 0.1) is 19.8 Å². The van der Waals surface area contributed by atoms with Gasteiger partial charge in [-0.25, -0.2) is 4.79 Å². The second-order valence-electron chi connectivity index (χ2n) is 4.99. The molecule has 0 saturated heterocycles. The summed E-state index contributed by atoms with van der Waals surface area (Å²) in [6, 6.07) is 3.63. The van der Waals surface area contributed by atoms with E-state index in [9.17, 15) is 9.90 Å². The molecule has 0 aliphatic carbocycles. The molecule has 0 fully saturated rings. The average Bonchev–Trinajstić information content (AvgIpc) is 2.25. The van der Waals surface area contributed by atoms with Crippen LogP contribution in [0.1, 0.15) is 35.3 Å². The summed E-state index contributed by atoms with van der Waals surface area (Å²) in [5.41, 5.74) is 1.24. The quantitative estimate of drug-likeness (QED) is 0.834. The van der Waals surface area contributed by atoms with Gasteiger partial charge >= 0.3 is 5.97 Å². The van der Waals surface area contributed by atoms with Crippen LogP contribution in [-0.4, -0.2) is 30.9 Å². The van der Waals surface area contributed by atoms with Crippen molar-refractivity contribution in [3.63, 3.8) is 0 Å². The minimum atomic E-state index is -0.867. The van der Waals surface area contributed by atoms with E-state index in [1.807, 2.05) is 13.0 Å². The number of hydrogen-bond acceptors (Lipinski definition) is 4. The second-order valence-corrected chi connectivity index (χ2v) is 4.99. The van der Waals surface area contributed by atoms with Gasteiger partial charge in [0.15, 0.2) is 0 Å². The lowest BCUT2D eigenvalue weighted by molar-refractivity contribution is 0.0593. The molecule has 1 aromatic carbocycles. The predicted octanol–water partition coefficient (Wildman–Crippen LogP) is 2.10. The van der Waals surface area contributed by atoms with Crippen LogP contribution >= 0.6 is 0 Å². The first-order chi connectivity index (χ1) is 8.28. The Labute approximate surface area is 108 Å². The summed E-state index contributed by atoms with van der Waals surface area (Å²) in [6.45, 7) is 5.32. The van der Waals surface area contributed by atoms with Crippen molar-refractivity contribution in [3.8, 4) is 5.75 Å². The number of hydrogen-bond donors (Lipinski definition) is 1. The van der Waals surface area contributed by atoms with E-state index in [1.165, 1.54) is 14.2 Å². The van der Waals surface area contributed by atoms with Crippen LogP contribution in [0, 0.1) is 6.92 Å². The van der Waals surface area contributed by atoms with Gasteiger partial charge in [-0.1, -0.05) is 6.07 Å². The van der Waals surface area contributed by atoms with Crippen molar-refractivity contribution in [2.75, 3.05) is 14.2 Å². The van der Waals surface area contributed by atoms with Crippen LogP contribution in [0.4, 0.5) is 0 Å². The highest BCUT2D eigenvalue weighted by Gasteiger charge is 2.22. The Balaban J connectivity index is 3.33. The summed E-state index contributed by atoms with van der Waals surface area (Å²) in [6.07, 6.45) is 0.405. The fourth-order valence-corrected chi connectivity index (χ4v) is 1.95. The summed E-state index contributed by atoms with van der Waals surface area (Å²) in [5, 5.41) is 9.90. The Morgan fingerprint density at radius 2 is 1.94 bits per heavy atom. The van der Waals surface area contributed by atoms with Gasteiger partial charge in [-0.15, -0.1) is 0 Å². The summed E-state index contributed by atoms with van der Waals surface area (Å²) in [4.78, 5) is 11.7. The van der Waals surface area contributed by atoms with Crippen LogP contribution < -0.4 is 4.74 Å². The molecule has 0 aliphatic rings. The molecule has 0 aliphatic heterocycles. The Bertz CT molecular complexity index is 444. The van der Waals surface area contributed by atoms with Gasteiger partial charge in [0, 0.05) is 6.42 Å². The third-order valence-electron chi connectivity index (χ3n) is 2.54. The van der Waals surface area contributed by atoms with Crippen LogP contribution in [-0.2, 0) is 11.2 Å². The zero-order valence-corrected chi connectivity index (χ0v) is 11.5. The molecule has 4 nitrogen and oxygen atoms in total. The normalized spacial score (nSPS) is 11.2. The van der Waals surface area contributed by atoms with Crippen LogP contribution in [0.5, 0.6) is 5.75 Å². The van der Waals surface area contributed by atoms with Crippen molar-refractivity contribution in [2.24, 2.45) is 0 Å². The molecular formula is C14H20O4. The molecule has 0 amide bonds. The first kappa shape index (κ1) is 14.5. The fraction of sp³-hybridized carbons (Fsp3) is 0.500. The lowest BCUT2D eigenvalue weighted by atomic mass is 9.94. The maximum Gasteiger partial charge on any atom is 0.341 e. The van der Waals surface area contributed by atoms with Gasteiger partial charge in [0.2, 0.25) is 0 Å². The largest absolute Gasteiger partial charge is 0.496 e. The first-order valence-corrected chi connectivity index (χ1v) is 5.76. The zero-order chi connectivity index (χ0) is 13.9. The highest BCUT2D eigenvalue weighted by atomic mass is 16.5. The summed E-state index contributed by atoms with van der Waals surface area (Å²) in [7, 11) is 2.84. The maximum atomic E-state index is 11.7. The van der Waals surface area contributed by atoms with E-state index in [1.54, 1.807) is 19.9 Å². The molecule has 1 N–H and O–H groups in total. The van der Waals surface area contributed by atoms with Gasteiger partial charge in [-0.05, 0) is 38.0 Å². The van der Waals surface area contributed by atoms with Crippen LogP contribution in [0.3, 0.4) is 0 Å². The maximum absolute atomic E-state index is 11.7. The van der Waals surface area contributed by atoms with Gasteiger partial charge in [-0.2, -0.15) is 0 Å². The molecule has 0 atom stereocenters. The fourth-order valence-electron chi connectivity index (χ4n) is 1.95. The van der Waals surface area contributed by atoms with E-state index in [4.69, 9.17) is 9.47 Å². The van der Waals surface area contributed by atoms with Gasteiger partial charge in [0.1, 0.15) is 11.3 Å². The number of ether oxygens (including phenoxy) is 2. The molecule has 0 spiro atoms.